The molecule has 37 heavy (non-hydrogen) atoms. The number of benzene rings is 1. The second kappa shape index (κ2) is 15.1. The first kappa shape index (κ1) is 32.6. The summed E-state index contributed by atoms with van der Waals surface area (Å²) in [6, 6.07) is 10.2. The van der Waals surface area contributed by atoms with Crippen molar-refractivity contribution in [1.82, 2.24) is 9.80 Å². The van der Waals surface area contributed by atoms with E-state index in [4.69, 9.17) is 24.5 Å². The van der Waals surface area contributed by atoms with Gasteiger partial charge in [-0.3, -0.25) is 4.90 Å². The van der Waals surface area contributed by atoms with Crippen molar-refractivity contribution in [3.05, 3.63) is 35.9 Å². The Hall–Kier alpha value is -2.42. The van der Waals surface area contributed by atoms with Crippen molar-refractivity contribution in [2.24, 2.45) is 0 Å². The van der Waals surface area contributed by atoms with E-state index in [1.165, 1.54) is 19.4 Å². The molecule has 1 aromatic carbocycles. The van der Waals surface area contributed by atoms with Crippen molar-refractivity contribution in [2.45, 2.75) is 43.6 Å². The van der Waals surface area contributed by atoms with E-state index in [1.807, 2.05) is 18.2 Å². The Kier molecular flexibility index (Phi) is 13.3. The standard InChI is InChI=1S/C19H30N2O2.2C2HF3O2/c22-19(18-6-2-1-3-7-18)8-12-20(13-9-19)10-4-5-11-21-14-16-23-17-15-21;2*3-2(4,5)1(6)7/h1-3,6-7,22H,4-5,8-17H2;2*(H,6,7). The Morgan fingerprint density at radius 1 is 0.784 bits per heavy atom. The van der Waals surface area contributed by atoms with E-state index in [1.54, 1.807) is 0 Å². The maximum atomic E-state index is 10.9. The van der Waals surface area contributed by atoms with Crippen molar-refractivity contribution in [3.63, 3.8) is 0 Å². The number of unbranched alkanes of at least 4 members (excludes halogenated alkanes) is 1. The summed E-state index contributed by atoms with van der Waals surface area (Å²) >= 11 is 0. The number of aliphatic hydroxyl groups is 1. The van der Waals surface area contributed by atoms with Gasteiger partial charge in [-0.1, -0.05) is 30.3 Å². The van der Waals surface area contributed by atoms with E-state index in [0.717, 1.165) is 64.3 Å². The number of nitrogens with zero attached hydrogens (tertiary/aromatic N) is 2. The zero-order valence-electron chi connectivity index (χ0n) is 20.1. The zero-order chi connectivity index (χ0) is 28.1. The van der Waals surface area contributed by atoms with Crippen molar-refractivity contribution in [2.75, 3.05) is 52.5 Å². The second-order valence-electron chi connectivity index (χ2n) is 8.51. The molecule has 3 rings (SSSR count). The molecule has 212 valence electrons. The van der Waals surface area contributed by atoms with Crippen molar-refractivity contribution >= 4 is 11.9 Å². The predicted molar refractivity (Wildman–Crippen MR) is 120 cm³/mol. The van der Waals surface area contributed by atoms with Crippen LogP contribution in [-0.2, 0) is 19.9 Å². The van der Waals surface area contributed by atoms with Crippen LogP contribution in [0.25, 0.3) is 0 Å². The Morgan fingerprint density at radius 3 is 1.54 bits per heavy atom. The van der Waals surface area contributed by atoms with E-state index in [2.05, 4.69) is 21.9 Å². The second-order valence-corrected chi connectivity index (χ2v) is 8.51. The van der Waals surface area contributed by atoms with Crippen molar-refractivity contribution < 1.29 is 56.0 Å². The average Bonchev–Trinajstić information content (AvgIpc) is 2.84. The molecule has 2 saturated heterocycles. The summed E-state index contributed by atoms with van der Waals surface area (Å²) in [5.41, 5.74) is 0.456. The largest absolute Gasteiger partial charge is 0.490 e. The molecule has 3 N–H and O–H groups in total. The molecule has 2 fully saturated rings. The monoisotopic (exact) mass is 546 g/mol. The third-order valence-corrected chi connectivity index (χ3v) is 5.78. The van der Waals surface area contributed by atoms with Crippen molar-refractivity contribution in [3.8, 4) is 0 Å². The summed E-state index contributed by atoms with van der Waals surface area (Å²) in [5, 5.41) is 25.1. The summed E-state index contributed by atoms with van der Waals surface area (Å²) in [6.07, 6.45) is -5.96. The highest BCUT2D eigenvalue weighted by Gasteiger charge is 2.39. The molecular formula is C23H32F6N2O6. The van der Waals surface area contributed by atoms with Crippen LogP contribution >= 0.6 is 0 Å². The Bertz CT molecular complexity index is 784. The molecule has 0 bridgehead atoms. The van der Waals surface area contributed by atoms with Gasteiger partial charge in [-0.25, -0.2) is 9.59 Å². The Balaban J connectivity index is 0.000000404. The number of hydrogen-bond donors (Lipinski definition) is 3. The minimum absolute atomic E-state index is 0.619. The van der Waals surface area contributed by atoms with Gasteiger partial charge in [-0.2, -0.15) is 26.3 Å². The number of carbonyl (C=O) groups is 2. The topological polar surface area (TPSA) is 111 Å². The van der Waals surface area contributed by atoms with E-state index in [9.17, 15) is 31.4 Å². The fourth-order valence-corrected chi connectivity index (χ4v) is 3.68. The van der Waals surface area contributed by atoms with Crippen LogP contribution in [-0.4, -0.2) is 102 Å². The number of alkyl halides is 6. The molecule has 2 aliphatic heterocycles. The van der Waals surface area contributed by atoms with Gasteiger partial charge in [-0.15, -0.1) is 0 Å². The molecule has 0 radical (unpaired) electrons. The summed E-state index contributed by atoms with van der Waals surface area (Å²) in [5.74, 6) is -5.51. The number of piperidine rings is 1. The Morgan fingerprint density at radius 2 is 1.16 bits per heavy atom. The van der Waals surface area contributed by atoms with Crippen LogP contribution in [0.5, 0.6) is 0 Å². The number of hydrogen-bond acceptors (Lipinski definition) is 6. The number of morpholine rings is 1. The predicted octanol–water partition coefficient (Wildman–Crippen LogP) is 3.35. The Labute approximate surface area is 210 Å². The maximum Gasteiger partial charge on any atom is 0.490 e. The van der Waals surface area contributed by atoms with Gasteiger partial charge >= 0.3 is 24.3 Å². The van der Waals surface area contributed by atoms with Crippen LogP contribution in [0.1, 0.15) is 31.2 Å². The number of ether oxygens (including phenoxy) is 1. The van der Waals surface area contributed by atoms with Gasteiger partial charge in [0.1, 0.15) is 0 Å². The lowest BCUT2D eigenvalue weighted by atomic mass is 9.84. The van der Waals surface area contributed by atoms with Gasteiger partial charge < -0.3 is 25.0 Å². The molecule has 0 aromatic heterocycles. The van der Waals surface area contributed by atoms with E-state index in [0.29, 0.717) is 0 Å². The maximum absolute atomic E-state index is 10.9. The number of rotatable bonds is 6. The molecule has 0 unspecified atom stereocenters. The van der Waals surface area contributed by atoms with Gasteiger partial charge in [0.05, 0.1) is 18.8 Å². The van der Waals surface area contributed by atoms with Crippen molar-refractivity contribution in [1.29, 1.82) is 0 Å². The number of carboxylic acids is 2. The third kappa shape index (κ3) is 13.1. The normalized spacial score (nSPS) is 18.6. The molecule has 2 aliphatic rings. The highest BCUT2D eigenvalue weighted by atomic mass is 19.4. The number of aliphatic carboxylic acids is 2. The minimum atomic E-state index is -5.08. The first-order chi connectivity index (χ1) is 17.1. The number of likely N-dealkylation sites (tertiary alicyclic amines) is 1. The van der Waals surface area contributed by atoms with Gasteiger partial charge in [0, 0.05) is 26.2 Å². The molecule has 2 heterocycles. The SMILES string of the molecule is O=C(O)C(F)(F)F.O=C(O)C(F)(F)F.OC1(c2ccccc2)CCN(CCCCN2CCOCC2)CC1. The quantitative estimate of drug-likeness (QED) is 0.368. The van der Waals surface area contributed by atoms with E-state index in [-0.39, 0.29) is 0 Å². The fraction of sp³-hybridized carbons (Fsp3) is 0.652. The summed E-state index contributed by atoms with van der Waals surface area (Å²) in [7, 11) is 0. The third-order valence-electron chi connectivity index (χ3n) is 5.78. The van der Waals surface area contributed by atoms with Gasteiger partial charge in [0.2, 0.25) is 0 Å². The lowest BCUT2D eigenvalue weighted by Crippen LogP contribution is -2.43. The summed E-state index contributed by atoms with van der Waals surface area (Å²) in [4.78, 5) is 22.8. The lowest BCUT2D eigenvalue weighted by Gasteiger charge is -2.38. The van der Waals surface area contributed by atoms with Crippen LogP contribution in [0.15, 0.2) is 30.3 Å². The van der Waals surface area contributed by atoms with Crippen LogP contribution < -0.4 is 0 Å². The molecule has 0 amide bonds. The zero-order valence-corrected chi connectivity index (χ0v) is 20.1. The first-order valence-corrected chi connectivity index (χ1v) is 11.6. The molecule has 8 nitrogen and oxygen atoms in total. The van der Waals surface area contributed by atoms with Crippen LogP contribution in [0.4, 0.5) is 26.3 Å². The van der Waals surface area contributed by atoms with E-state index < -0.39 is 29.9 Å². The highest BCUT2D eigenvalue weighted by Crippen LogP contribution is 2.32. The molecule has 0 spiro atoms. The van der Waals surface area contributed by atoms with E-state index >= 15 is 0 Å². The average molecular weight is 547 g/mol. The number of carboxylic acid groups (broad SMARTS) is 2. The fourth-order valence-electron chi connectivity index (χ4n) is 3.68. The minimum Gasteiger partial charge on any atom is -0.475 e. The molecule has 0 saturated carbocycles. The molecule has 0 atom stereocenters. The first-order valence-electron chi connectivity index (χ1n) is 11.6. The lowest BCUT2D eigenvalue weighted by molar-refractivity contribution is -0.193. The molecular weight excluding hydrogens is 514 g/mol. The highest BCUT2D eigenvalue weighted by molar-refractivity contribution is 5.73. The summed E-state index contributed by atoms with van der Waals surface area (Å²) in [6.45, 7) is 8.34. The molecule has 14 heteroatoms. The molecule has 1 aromatic rings. The van der Waals surface area contributed by atoms with Crippen LogP contribution in [0.3, 0.4) is 0 Å². The molecule has 0 aliphatic carbocycles. The van der Waals surface area contributed by atoms with Crippen LogP contribution in [0.2, 0.25) is 0 Å². The smallest absolute Gasteiger partial charge is 0.475 e. The summed E-state index contributed by atoms with van der Waals surface area (Å²) < 4.78 is 68.9. The van der Waals surface area contributed by atoms with Crippen LogP contribution in [0, 0.1) is 0 Å². The van der Waals surface area contributed by atoms with Gasteiger partial charge in [-0.05, 0) is 44.3 Å². The van der Waals surface area contributed by atoms with Gasteiger partial charge in [0.25, 0.3) is 0 Å². The van der Waals surface area contributed by atoms with Gasteiger partial charge in [0.15, 0.2) is 0 Å². The number of halogens is 6.